The molecule has 0 aliphatic heterocycles. The lowest BCUT2D eigenvalue weighted by molar-refractivity contribution is -0.129. The predicted molar refractivity (Wildman–Crippen MR) is 51.1 cm³/mol. The minimum Gasteiger partial charge on any atom is -0.349 e. The molecule has 3 nitrogen and oxygen atoms in total. The van der Waals surface area contributed by atoms with Crippen LogP contribution in [0.15, 0.2) is 0 Å². The fourth-order valence-corrected chi connectivity index (χ4v) is 2.01. The van der Waals surface area contributed by atoms with Crippen LogP contribution in [0.5, 0.6) is 0 Å². The molecule has 74 valence electrons. The summed E-state index contributed by atoms with van der Waals surface area (Å²) >= 11 is 0. The Morgan fingerprint density at radius 2 is 2.15 bits per heavy atom. The van der Waals surface area contributed by atoms with E-state index in [2.05, 4.69) is 12.2 Å². The van der Waals surface area contributed by atoms with Crippen molar-refractivity contribution >= 4 is 5.91 Å². The van der Waals surface area contributed by atoms with Crippen molar-refractivity contribution < 1.29 is 4.79 Å². The standard InChI is InChI=1S/C10H18N2O/c1-7-4-8(5-7)9(13)12-10(6-11)2-3-10/h7-8H,2-6,11H2,1H3,(H,12,13). The second kappa shape index (κ2) is 2.98. The summed E-state index contributed by atoms with van der Waals surface area (Å²) in [4.78, 5) is 11.6. The highest BCUT2D eigenvalue weighted by Crippen LogP contribution is 2.37. The van der Waals surface area contributed by atoms with Crippen molar-refractivity contribution in [3.63, 3.8) is 0 Å². The molecule has 0 bridgehead atoms. The molecule has 2 aliphatic carbocycles. The second-order valence-electron chi connectivity index (χ2n) is 4.75. The smallest absolute Gasteiger partial charge is 0.223 e. The number of nitrogens with one attached hydrogen (secondary N) is 1. The predicted octanol–water partition coefficient (Wildman–Crippen LogP) is 0.640. The summed E-state index contributed by atoms with van der Waals surface area (Å²) in [6, 6.07) is 0. The molecule has 0 aromatic rings. The summed E-state index contributed by atoms with van der Waals surface area (Å²) in [5.74, 6) is 1.25. The van der Waals surface area contributed by atoms with Gasteiger partial charge in [-0.1, -0.05) is 6.92 Å². The molecule has 13 heavy (non-hydrogen) atoms. The summed E-state index contributed by atoms with van der Waals surface area (Å²) in [6.07, 6.45) is 4.26. The summed E-state index contributed by atoms with van der Waals surface area (Å²) in [5.41, 5.74) is 5.59. The highest BCUT2D eigenvalue weighted by atomic mass is 16.2. The van der Waals surface area contributed by atoms with Gasteiger partial charge in [0.15, 0.2) is 0 Å². The van der Waals surface area contributed by atoms with Crippen molar-refractivity contribution in [1.82, 2.24) is 5.32 Å². The van der Waals surface area contributed by atoms with Gasteiger partial charge in [0.1, 0.15) is 0 Å². The summed E-state index contributed by atoms with van der Waals surface area (Å²) in [6.45, 7) is 2.79. The Labute approximate surface area is 79.1 Å². The highest BCUT2D eigenvalue weighted by Gasteiger charge is 2.44. The van der Waals surface area contributed by atoms with Crippen LogP contribution in [-0.2, 0) is 4.79 Å². The molecule has 2 rings (SSSR count). The molecule has 3 heteroatoms. The van der Waals surface area contributed by atoms with E-state index in [-0.39, 0.29) is 17.4 Å². The molecule has 2 saturated carbocycles. The Balaban J connectivity index is 1.79. The molecule has 1 amide bonds. The van der Waals surface area contributed by atoms with E-state index in [0.717, 1.165) is 31.6 Å². The van der Waals surface area contributed by atoms with Crippen molar-refractivity contribution in [3.8, 4) is 0 Å². The summed E-state index contributed by atoms with van der Waals surface area (Å²) in [5, 5.41) is 3.08. The molecule has 0 unspecified atom stereocenters. The van der Waals surface area contributed by atoms with Gasteiger partial charge in [0.05, 0.1) is 5.54 Å². The number of hydrogen-bond acceptors (Lipinski definition) is 2. The van der Waals surface area contributed by atoms with Crippen molar-refractivity contribution in [2.45, 2.75) is 38.1 Å². The van der Waals surface area contributed by atoms with Crippen molar-refractivity contribution in [1.29, 1.82) is 0 Å². The molecule has 0 spiro atoms. The number of amides is 1. The van der Waals surface area contributed by atoms with Crippen LogP contribution in [-0.4, -0.2) is 18.0 Å². The van der Waals surface area contributed by atoms with Crippen molar-refractivity contribution in [3.05, 3.63) is 0 Å². The Hall–Kier alpha value is -0.570. The van der Waals surface area contributed by atoms with Gasteiger partial charge in [-0.15, -0.1) is 0 Å². The molecular weight excluding hydrogens is 164 g/mol. The third-order valence-electron chi connectivity index (χ3n) is 3.38. The molecule has 0 heterocycles. The van der Waals surface area contributed by atoms with Gasteiger partial charge in [0.25, 0.3) is 0 Å². The first-order valence-electron chi connectivity index (χ1n) is 5.17. The lowest BCUT2D eigenvalue weighted by atomic mass is 9.75. The Morgan fingerprint density at radius 3 is 2.54 bits per heavy atom. The molecule has 0 saturated heterocycles. The maximum Gasteiger partial charge on any atom is 0.223 e. The quantitative estimate of drug-likeness (QED) is 0.673. The zero-order chi connectivity index (χ0) is 9.47. The first-order valence-corrected chi connectivity index (χ1v) is 5.17. The van der Waals surface area contributed by atoms with E-state index in [9.17, 15) is 4.79 Å². The zero-order valence-electron chi connectivity index (χ0n) is 8.18. The average molecular weight is 182 g/mol. The van der Waals surface area contributed by atoms with Gasteiger partial charge in [0.2, 0.25) is 5.91 Å². The SMILES string of the molecule is CC1CC(C(=O)NC2(CN)CC2)C1. The maximum absolute atomic E-state index is 11.6. The normalized spacial score (nSPS) is 34.9. The number of hydrogen-bond donors (Lipinski definition) is 2. The maximum atomic E-state index is 11.6. The Morgan fingerprint density at radius 1 is 1.54 bits per heavy atom. The fraction of sp³-hybridized carbons (Fsp3) is 0.900. The van der Waals surface area contributed by atoms with Gasteiger partial charge < -0.3 is 11.1 Å². The van der Waals surface area contributed by atoms with E-state index >= 15 is 0 Å². The first-order chi connectivity index (χ1) is 6.15. The molecule has 0 aromatic carbocycles. The lowest BCUT2D eigenvalue weighted by Gasteiger charge is -2.32. The first kappa shape index (κ1) is 9.00. The van der Waals surface area contributed by atoms with Crippen LogP contribution in [0.4, 0.5) is 0 Å². The average Bonchev–Trinajstić information content (AvgIpc) is 2.80. The minimum atomic E-state index is -0.00406. The molecular formula is C10H18N2O. The van der Waals surface area contributed by atoms with Crippen molar-refractivity contribution in [2.24, 2.45) is 17.6 Å². The van der Waals surface area contributed by atoms with Crippen LogP contribution in [0.2, 0.25) is 0 Å². The highest BCUT2D eigenvalue weighted by molar-refractivity contribution is 5.80. The van der Waals surface area contributed by atoms with Gasteiger partial charge in [0, 0.05) is 12.5 Å². The number of rotatable bonds is 3. The van der Waals surface area contributed by atoms with Crippen LogP contribution in [0.3, 0.4) is 0 Å². The summed E-state index contributed by atoms with van der Waals surface area (Å²) in [7, 11) is 0. The summed E-state index contributed by atoms with van der Waals surface area (Å²) < 4.78 is 0. The number of carbonyl (C=O) groups excluding carboxylic acids is 1. The largest absolute Gasteiger partial charge is 0.349 e. The third-order valence-corrected chi connectivity index (χ3v) is 3.38. The molecule has 0 aromatic heterocycles. The molecule has 0 radical (unpaired) electrons. The lowest BCUT2D eigenvalue weighted by Crippen LogP contribution is -2.47. The van der Waals surface area contributed by atoms with Crippen LogP contribution < -0.4 is 11.1 Å². The van der Waals surface area contributed by atoms with E-state index in [1.807, 2.05) is 0 Å². The van der Waals surface area contributed by atoms with Crippen LogP contribution in [0.1, 0.15) is 32.6 Å². The number of carbonyl (C=O) groups is 1. The van der Waals surface area contributed by atoms with Gasteiger partial charge in [-0.25, -0.2) is 0 Å². The Kier molecular flexibility index (Phi) is 2.06. The van der Waals surface area contributed by atoms with E-state index < -0.39 is 0 Å². The van der Waals surface area contributed by atoms with E-state index in [1.165, 1.54) is 0 Å². The molecule has 2 aliphatic rings. The monoisotopic (exact) mass is 182 g/mol. The van der Waals surface area contributed by atoms with E-state index in [4.69, 9.17) is 5.73 Å². The molecule has 3 N–H and O–H groups in total. The van der Waals surface area contributed by atoms with Gasteiger partial charge >= 0.3 is 0 Å². The van der Waals surface area contributed by atoms with E-state index in [1.54, 1.807) is 0 Å². The molecule has 2 fully saturated rings. The molecule has 0 atom stereocenters. The van der Waals surface area contributed by atoms with Crippen LogP contribution >= 0.6 is 0 Å². The van der Waals surface area contributed by atoms with Gasteiger partial charge in [-0.3, -0.25) is 4.79 Å². The van der Waals surface area contributed by atoms with Crippen LogP contribution in [0.25, 0.3) is 0 Å². The van der Waals surface area contributed by atoms with Gasteiger partial charge in [-0.2, -0.15) is 0 Å². The van der Waals surface area contributed by atoms with Gasteiger partial charge in [-0.05, 0) is 31.6 Å². The second-order valence-corrected chi connectivity index (χ2v) is 4.75. The minimum absolute atomic E-state index is 0.00406. The fourth-order valence-electron chi connectivity index (χ4n) is 2.01. The number of nitrogens with two attached hydrogens (primary N) is 1. The van der Waals surface area contributed by atoms with E-state index in [0.29, 0.717) is 6.54 Å². The zero-order valence-corrected chi connectivity index (χ0v) is 8.18. The van der Waals surface area contributed by atoms with Crippen LogP contribution in [0, 0.1) is 11.8 Å². The Bertz CT molecular complexity index is 217. The van der Waals surface area contributed by atoms with Crippen molar-refractivity contribution in [2.75, 3.05) is 6.54 Å². The topological polar surface area (TPSA) is 55.1 Å². The third kappa shape index (κ3) is 1.70.